The van der Waals surface area contributed by atoms with Crippen molar-refractivity contribution >= 4 is 40.6 Å². The lowest BCUT2D eigenvalue weighted by molar-refractivity contribution is -0.127. The average molecular weight is 384 g/mol. The zero-order valence-electron chi connectivity index (χ0n) is 14.8. The first kappa shape index (κ1) is 18.8. The van der Waals surface area contributed by atoms with E-state index in [0.717, 1.165) is 27.8 Å². The van der Waals surface area contributed by atoms with E-state index < -0.39 is 22.9 Å². The van der Waals surface area contributed by atoms with Gasteiger partial charge in [-0.05, 0) is 60.5 Å². The number of nitrogens with zero attached hydrogens (tertiary/aromatic N) is 1. The summed E-state index contributed by atoms with van der Waals surface area (Å²) < 4.78 is 13.3. The molecule has 2 aromatic carbocycles. The number of hydrogen-bond acceptors (Lipinski definition) is 4. The minimum absolute atomic E-state index is 0.158. The largest absolute Gasteiger partial charge is 0.324 e. The summed E-state index contributed by atoms with van der Waals surface area (Å²) in [7, 11) is 0. The van der Waals surface area contributed by atoms with Crippen molar-refractivity contribution in [1.82, 2.24) is 4.90 Å². The second-order valence-electron chi connectivity index (χ2n) is 6.14. The lowest BCUT2D eigenvalue weighted by atomic mass is 10.1. The van der Waals surface area contributed by atoms with Gasteiger partial charge in [0.05, 0.1) is 4.91 Å². The topological polar surface area (TPSA) is 66.5 Å². The van der Waals surface area contributed by atoms with Gasteiger partial charge in [0.25, 0.3) is 11.1 Å². The number of halogens is 1. The number of amides is 3. The van der Waals surface area contributed by atoms with Gasteiger partial charge in [-0.3, -0.25) is 19.3 Å². The van der Waals surface area contributed by atoms with E-state index in [9.17, 15) is 18.8 Å². The van der Waals surface area contributed by atoms with Crippen LogP contribution in [0.5, 0.6) is 0 Å². The van der Waals surface area contributed by atoms with Gasteiger partial charge in [0, 0.05) is 5.69 Å². The maximum absolute atomic E-state index is 13.3. The monoisotopic (exact) mass is 384 g/mol. The highest BCUT2D eigenvalue weighted by molar-refractivity contribution is 8.18. The molecule has 7 heteroatoms. The van der Waals surface area contributed by atoms with Gasteiger partial charge in [0.2, 0.25) is 5.91 Å². The second-order valence-corrected chi connectivity index (χ2v) is 7.13. The lowest BCUT2D eigenvalue weighted by Crippen LogP contribution is -2.36. The minimum atomic E-state index is -0.564. The molecule has 1 aliphatic heterocycles. The Morgan fingerprint density at radius 2 is 1.81 bits per heavy atom. The molecule has 0 aromatic heterocycles. The summed E-state index contributed by atoms with van der Waals surface area (Å²) in [6, 6.07) is 11.3. The van der Waals surface area contributed by atoms with E-state index in [1.807, 2.05) is 32.0 Å². The van der Waals surface area contributed by atoms with Crippen LogP contribution in [0.4, 0.5) is 14.9 Å². The highest BCUT2D eigenvalue weighted by atomic mass is 32.2. The molecule has 0 spiro atoms. The highest BCUT2D eigenvalue weighted by Gasteiger charge is 2.36. The molecule has 1 saturated heterocycles. The molecule has 0 atom stereocenters. The van der Waals surface area contributed by atoms with Crippen molar-refractivity contribution in [2.75, 3.05) is 11.9 Å². The van der Waals surface area contributed by atoms with Crippen LogP contribution >= 0.6 is 11.8 Å². The van der Waals surface area contributed by atoms with Gasteiger partial charge in [-0.25, -0.2) is 4.39 Å². The van der Waals surface area contributed by atoms with Gasteiger partial charge < -0.3 is 5.32 Å². The molecule has 0 saturated carbocycles. The molecule has 0 radical (unpaired) electrons. The smallest absolute Gasteiger partial charge is 0.294 e. The molecule has 1 fully saturated rings. The number of carbonyl (C=O) groups is 3. The SMILES string of the molecule is Cc1cccc(C)c1NC(=O)CN1C(=O)S/C(=C/c2cccc(F)c2)C1=O. The minimum Gasteiger partial charge on any atom is -0.324 e. The molecule has 138 valence electrons. The van der Waals surface area contributed by atoms with Crippen molar-refractivity contribution in [2.45, 2.75) is 13.8 Å². The fraction of sp³-hybridized carbons (Fsp3) is 0.150. The maximum Gasteiger partial charge on any atom is 0.294 e. The van der Waals surface area contributed by atoms with Crippen LogP contribution < -0.4 is 5.32 Å². The van der Waals surface area contributed by atoms with Gasteiger partial charge in [-0.2, -0.15) is 0 Å². The molecular formula is C20H17FN2O3S. The van der Waals surface area contributed by atoms with Crippen LogP contribution in [0.25, 0.3) is 6.08 Å². The number of hydrogen-bond donors (Lipinski definition) is 1. The van der Waals surface area contributed by atoms with E-state index in [-0.39, 0.29) is 11.4 Å². The Morgan fingerprint density at radius 1 is 1.15 bits per heavy atom. The van der Waals surface area contributed by atoms with Crippen LogP contribution in [0.1, 0.15) is 16.7 Å². The first-order valence-corrected chi connectivity index (χ1v) is 9.04. The van der Waals surface area contributed by atoms with Crippen LogP contribution in [-0.2, 0) is 9.59 Å². The number of thioether (sulfide) groups is 1. The fourth-order valence-corrected chi connectivity index (χ4v) is 3.56. The van der Waals surface area contributed by atoms with Gasteiger partial charge in [-0.1, -0.05) is 30.3 Å². The predicted molar refractivity (Wildman–Crippen MR) is 104 cm³/mol. The molecule has 1 aliphatic rings. The zero-order chi connectivity index (χ0) is 19.6. The van der Waals surface area contributed by atoms with Crippen molar-refractivity contribution in [3.05, 3.63) is 69.9 Å². The Hall–Kier alpha value is -2.93. The van der Waals surface area contributed by atoms with E-state index in [2.05, 4.69) is 5.32 Å². The number of rotatable bonds is 4. The fourth-order valence-electron chi connectivity index (χ4n) is 2.72. The van der Waals surface area contributed by atoms with E-state index in [4.69, 9.17) is 0 Å². The number of imide groups is 1. The van der Waals surface area contributed by atoms with Crippen LogP contribution in [0.15, 0.2) is 47.4 Å². The summed E-state index contributed by atoms with van der Waals surface area (Å²) in [4.78, 5) is 38.0. The van der Waals surface area contributed by atoms with Gasteiger partial charge in [0.1, 0.15) is 12.4 Å². The summed E-state index contributed by atoms with van der Waals surface area (Å²) in [5.74, 6) is -1.46. The summed E-state index contributed by atoms with van der Waals surface area (Å²) in [6.07, 6.45) is 1.44. The van der Waals surface area contributed by atoms with Crippen molar-refractivity contribution in [3.8, 4) is 0 Å². The van der Waals surface area contributed by atoms with Gasteiger partial charge in [-0.15, -0.1) is 0 Å². The van der Waals surface area contributed by atoms with E-state index in [1.165, 1.54) is 24.3 Å². The summed E-state index contributed by atoms with van der Waals surface area (Å²) in [6.45, 7) is 3.36. The number of nitrogens with one attached hydrogen (secondary N) is 1. The quantitative estimate of drug-likeness (QED) is 0.806. The number of carbonyl (C=O) groups excluding carboxylic acids is 3. The summed E-state index contributed by atoms with van der Waals surface area (Å²) in [5, 5.41) is 2.23. The van der Waals surface area contributed by atoms with Crippen molar-refractivity contribution in [3.63, 3.8) is 0 Å². The molecule has 2 aromatic rings. The number of benzene rings is 2. The first-order valence-electron chi connectivity index (χ1n) is 8.22. The van der Waals surface area contributed by atoms with E-state index in [1.54, 1.807) is 6.07 Å². The van der Waals surface area contributed by atoms with Gasteiger partial charge in [0.15, 0.2) is 0 Å². The summed E-state index contributed by atoms with van der Waals surface area (Å²) in [5.41, 5.74) is 2.93. The Kier molecular flexibility index (Phi) is 5.41. The summed E-state index contributed by atoms with van der Waals surface area (Å²) >= 11 is 0.733. The number of anilines is 1. The first-order chi connectivity index (χ1) is 12.8. The predicted octanol–water partition coefficient (Wildman–Crippen LogP) is 4.12. The van der Waals surface area contributed by atoms with Crippen LogP contribution in [0.3, 0.4) is 0 Å². The second kappa shape index (κ2) is 7.75. The third-order valence-electron chi connectivity index (χ3n) is 4.07. The molecule has 5 nitrogen and oxygen atoms in total. The van der Waals surface area contributed by atoms with Gasteiger partial charge >= 0.3 is 0 Å². The van der Waals surface area contributed by atoms with E-state index >= 15 is 0 Å². The molecule has 3 rings (SSSR count). The number of aryl methyl sites for hydroxylation is 2. The van der Waals surface area contributed by atoms with E-state index in [0.29, 0.717) is 11.3 Å². The number of para-hydroxylation sites is 1. The Morgan fingerprint density at radius 3 is 2.48 bits per heavy atom. The maximum atomic E-state index is 13.3. The molecule has 0 unspecified atom stereocenters. The highest BCUT2D eigenvalue weighted by Crippen LogP contribution is 2.32. The van der Waals surface area contributed by atoms with Crippen molar-refractivity contribution in [1.29, 1.82) is 0 Å². The lowest BCUT2D eigenvalue weighted by Gasteiger charge is -2.15. The normalized spacial score (nSPS) is 15.5. The van der Waals surface area contributed by atoms with Crippen LogP contribution in [-0.4, -0.2) is 28.5 Å². The third kappa shape index (κ3) is 4.25. The Labute approximate surface area is 160 Å². The molecule has 1 heterocycles. The molecule has 1 N–H and O–H groups in total. The molecule has 3 amide bonds. The van der Waals surface area contributed by atoms with Crippen LogP contribution in [0, 0.1) is 19.7 Å². The standard InChI is InChI=1S/C20H17FN2O3S/c1-12-5-3-6-13(2)18(12)22-17(24)11-23-19(25)16(27-20(23)26)10-14-7-4-8-15(21)9-14/h3-10H,11H2,1-2H3,(H,22,24)/b16-10+. The van der Waals surface area contributed by atoms with Crippen molar-refractivity contribution in [2.24, 2.45) is 0 Å². The Balaban J connectivity index is 1.73. The Bertz CT molecular complexity index is 951. The van der Waals surface area contributed by atoms with Crippen LogP contribution in [0.2, 0.25) is 0 Å². The molecule has 27 heavy (non-hydrogen) atoms. The van der Waals surface area contributed by atoms with Crippen molar-refractivity contribution < 1.29 is 18.8 Å². The molecule has 0 bridgehead atoms. The molecular weight excluding hydrogens is 367 g/mol. The third-order valence-corrected chi connectivity index (χ3v) is 4.97. The zero-order valence-corrected chi connectivity index (χ0v) is 15.6. The average Bonchev–Trinajstić information content (AvgIpc) is 2.86. The molecule has 0 aliphatic carbocycles.